The van der Waals surface area contributed by atoms with Gasteiger partial charge >= 0.3 is 5.97 Å². The van der Waals surface area contributed by atoms with Gasteiger partial charge in [-0.2, -0.15) is 0 Å². The number of phenols is 1. The molecule has 0 aliphatic carbocycles. The quantitative estimate of drug-likeness (QED) is 0.700. The second-order valence-electron chi connectivity index (χ2n) is 4.45. The normalized spacial score (nSPS) is 11.9. The summed E-state index contributed by atoms with van der Waals surface area (Å²) in [4.78, 5) is 22.2. The van der Waals surface area contributed by atoms with Crippen LogP contribution in [0, 0.1) is 12.8 Å². The van der Waals surface area contributed by atoms with Crippen LogP contribution < -0.4 is 5.32 Å². The number of amides is 1. The Morgan fingerprint density at radius 2 is 2.00 bits per heavy atom. The highest BCUT2D eigenvalue weighted by Gasteiger charge is 2.13. The predicted octanol–water partition coefficient (Wildman–Crippen LogP) is 2.14. The van der Waals surface area contributed by atoms with Crippen LogP contribution in [0.4, 0.5) is 5.69 Å². The van der Waals surface area contributed by atoms with E-state index in [0.29, 0.717) is 5.69 Å². The van der Waals surface area contributed by atoms with E-state index in [1.807, 2.05) is 0 Å². The van der Waals surface area contributed by atoms with Crippen molar-refractivity contribution < 1.29 is 19.8 Å². The monoisotopic (exact) mass is 251 g/mol. The van der Waals surface area contributed by atoms with Crippen molar-refractivity contribution in [2.24, 2.45) is 5.92 Å². The summed E-state index contributed by atoms with van der Waals surface area (Å²) in [7, 11) is 0. The Hall–Kier alpha value is -2.04. The fourth-order valence-electron chi connectivity index (χ4n) is 1.68. The van der Waals surface area contributed by atoms with Gasteiger partial charge in [0, 0.05) is 18.5 Å². The number of rotatable bonds is 5. The first-order chi connectivity index (χ1) is 8.38. The fourth-order valence-corrected chi connectivity index (χ4v) is 1.68. The van der Waals surface area contributed by atoms with Crippen molar-refractivity contribution in [1.82, 2.24) is 0 Å². The van der Waals surface area contributed by atoms with Gasteiger partial charge < -0.3 is 15.5 Å². The Kier molecular flexibility index (Phi) is 4.71. The minimum absolute atomic E-state index is 0.0258. The largest absolute Gasteiger partial charge is 0.508 e. The number of anilines is 1. The van der Waals surface area contributed by atoms with Crippen molar-refractivity contribution in [2.75, 3.05) is 5.32 Å². The van der Waals surface area contributed by atoms with Crippen LogP contribution in [-0.2, 0) is 9.59 Å². The van der Waals surface area contributed by atoms with Gasteiger partial charge in [-0.05, 0) is 36.6 Å². The molecule has 98 valence electrons. The zero-order chi connectivity index (χ0) is 13.7. The van der Waals surface area contributed by atoms with Crippen LogP contribution in [0.5, 0.6) is 5.75 Å². The molecule has 0 bridgehead atoms. The van der Waals surface area contributed by atoms with Crippen molar-refractivity contribution in [3.05, 3.63) is 23.8 Å². The van der Waals surface area contributed by atoms with Crippen LogP contribution in [0.25, 0.3) is 0 Å². The number of benzene rings is 1. The van der Waals surface area contributed by atoms with E-state index in [1.165, 1.54) is 6.07 Å². The molecule has 1 aromatic rings. The minimum atomic E-state index is -0.906. The first kappa shape index (κ1) is 14.0. The molecule has 5 nitrogen and oxygen atoms in total. The van der Waals surface area contributed by atoms with Gasteiger partial charge in [-0.25, -0.2) is 0 Å². The summed E-state index contributed by atoms with van der Waals surface area (Å²) >= 11 is 0. The highest BCUT2D eigenvalue weighted by molar-refractivity contribution is 5.91. The van der Waals surface area contributed by atoms with E-state index in [2.05, 4.69) is 5.32 Å². The van der Waals surface area contributed by atoms with Gasteiger partial charge in [-0.3, -0.25) is 9.59 Å². The number of aliphatic carboxylic acids is 1. The van der Waals surface area contributed by atoms with Crippen LogP contribution in [0.2, 0.25) is 0 Å². The Labute approximate surface area is 105 Å². The zero-order valence-electron chi connectivity index (χ0n) is 10.4. The van der Waals surface area contributed by atoms with E-state index >= 15 is 0 Å². The molecular weight excluding hydrogens is 234 g/mol. The molecule has 0 aromatic heterocycles. The number of carbonyl (C=O) groups excluding carboxylic acids is 1. The van der Waals surface area contributed by atoms with Crippen molar-refractivity contribution in [2.45, 2.75) is 26.7 Å². The number of nitrogens with one attached hydrogen (secondary N) is 1. The number of carboxylic acid groups (broad SMARTS) is 1. The third kappa shape index (κ3) is 4.45. The molecule has 1 amide bonds. The van der Waals surface area contributed by atoms with Crippen LogP contribution in [0.1, 0.15) is 25.3 Å². The smallest absolute Gasteiger partial charge is 0.303 e. The summed E-state index contributed by atoms with van der Waals surface area (Å²) in [5.74, 6) is -1.20. The lowest BCUT2D eigenvalue weighted by atomic mass is 10.0. The number of hydrogen-bond donors (Lipinski definition) is 3. The Bertz CT molecular complexity index is 456. The van der Waals surface area contributed by atoms with E-state index in [1.54, 1.807) is 26.0 Å². The van der Waals surface area contributed by atoms with Gasteiger partial charge in [0.25, 0.3) is 0 Å². The topological polar surface area (TPSA) is 86.6 Å². The number of carbonyl (C=O) groups is 2. The molecular formula is C13H17NO4. The number of aromatic hydroxyl groups is 1. The molecule has 1 unspecified atom stereocenters. The molecule has 1 aromatic carbocycles. The second kappa shape index (κ2) is 6.05. The van der Waals surface area contributed by atoms with E-state index < -0.39 is 5.97 Å². The summed E-state index contributed by atoms with van der Waals surface area (Å²) < 4.78 is 0. The predicted molar refractivity (Wildman–Crippen MR) is 67.5 cm³/mol. The zero-order valence-corrected chi connectivity index (χ0v) is 10.4. The average Bonchev–Trinajstić information content (AvgIpc) is 2.20. The first-order valence-electron chi connectivity index (χ1n) is 5.69. The lowest BCUT2D eigenvalue weighted by Crippen LogP contribution is -2.17. The van der Waals surface area contributed by atoms with Crippen molar-refractivity contribution in [3.63, 3.8) is 0 Å². The van der Waals surface area contributed by atoms with Crippen molar-refractivity contribution in [3.8, 4) is 5.75 Å². The van der Waals surface area contributed by atoms with Gasteiger partial charge in [0.15, 0.2) is 0 Å². The molecule has 0 aliphatic rings. The first-order valence-corrected chi connectivity index (χ1v) is 5.69. The van der Waals surface area contributed by atoms with Gasteiger partial charge in [0.1, 0.15) is 5.75 Å². The maximum atomic E-state index is 11.7. The standard InChI is InChI=1S/C13H17NO4/c1-8(6-13(17)18)5-12(16)14-11-4-3-10(15)7-9(11)2/h3-4,7-8,15H,5-6H2,1-2H3,(H,14,16)(H,17,18). The Morgan fingerprint density at radius 1 is 1.33 bits per heavy atom. The third-order valence-electron chi connectivity index (χ3n) is 2.54. The molecule has 0 radical (unpaired) electrons. The van der Waals surface area contributed by atoms with Crippen LogP contribution in [0.3, 0.4) is 0 Å². The SMILES string of the molecule is Cc1cc(O)ccc1NC(=O)CC(C)CC(=O)O. The lowest BCUT2D eigenvalue weighted by molar-refractivity contribution is -0.138. The van der Waals surface area contributed by atoms with E-state index in [9.17, 15) is 14.7 Å². The van der Waals surface area contributed by atoms with Crippen LogP contribution >= 0.6 is 0 Å². The number of phenolic OH excluding ortho intramolecular Hbond substituents is 1. The molecule has 1 rings (SSSR count). The molecule has 0 fully saturated rings. The fraction of sp³-hybridized carbons (Fsp3) is 0.385. The lowest BCUT2D eigenvalue weighted by Gasteiger charge is -2.11. The maximum Gasteiger partial charge on any atom is 0.303 e. The molecule has 0 saturated carbocycles. The molecule has 0 aliphatic heterocycles. The maximum absolute atomic E-state index is 11.7. The third-order valence-corrected chi connectivity index (χ3v) is 2.54. The van der Waals surface area contributed by atoms with E-state index in [-0.39, 0.29) is 30.4 Å². The molecule has 1 atom stereocenters. The number of aryl methyl sites for hydroxylation is 1. The summed E-state index contributed by atoms with van der Waals surface area (Å²) in [5.41, 5.74) is 1.38. The number of hydrogen-bond acceptors (Lipinski definition) is 3. The van der Waals surface area contributed by atoms with Gasteiger partial charge in [-0.15, -0.1) is 0 Å². The molecule has 0 heterocycles. The van der Waals surface area contributed by atoms with Gasteiger partial charge in [0.05, 0.1) is 0 Å². The molecule has 0 spiro atoms. The minimum Gasteiger partial charge on any atom is -0.508 e. The molecule has 18 heavy (non-hydrogen) atoms. The summed E-state index contributed by atoms with van der Waals surface area (Å²) in [6, 6.07) is 4.66. The van der Waals surface area contributed by atoms with E-state index in [0.717, 1.165) is 5.56 Å². The summed E-state index contributed by atoms with van der Waals surface area (Å²) in [6.45, 7) is 3.49. The van der Waals surface area contributed by atoms with Crippen molar-refractivity contribution in [1.29, 1.82) is 0 Å². The molecule has 5 heteroatoms. The second-order valence-corrected chi connectivity index (χ2v) is 4.45. The highest BCUT2D eigenvalue weighted by Crippen LogP contribution is 2.20. The Balaban J connectivity index is 2.56. The Morgan fingerprint density at radius 3 is 2.56 bits per heavy atom. The van der Waals surface area contributed by atoms with Crippen molar-refractivity contribution >= 4 is 17.6 Å². The number of carboxylic acids is 1. The molecule has 3 N–H and O–H groups in total. The van der Waals surface area contributed by atoms with Gasteiger partial charge in [0.2, 0.25) is 5.91 Å². The van der Waals surface area contributed by atoms with Crippen LogP contribution in [0.15, 0.2) is 18.2 Å². The highest BCUT2D eigenvalue weighted by atomic mass is 16.4. The van der Waals surface area contributed by atoms with E-state index in [4.69, 9.17) is 5.11 Å². The molecule has 0 saturated heterocycles. The van der Waals surface area contributed by atoms with Crippen LogP contribution in [-0.4, -0.2) is 22.1 Å². The summed E-state index contributed by atoms with van der Waals surface area (Å²) in [5, 5.41) is 20.5. The van der Waals surface area contributed by atoms with Gasteiger partial charge in [-0.1, -0.05) is 6.92 Å². The average molecular weight is 251 g/mol. The summed E-state index contributed by atoms with van der Waals surface area (Å²) in [6.07, 6.45) is 0.134.